The highest BCUT2D eigenvalue weighted by molar-refractivity contribution is 14.1. The van der Waals surface area contributed by atoms with Crippen molar-refractivity contribution in [3.8, 4) is 0 Å². The molecule has 0 radical (unpaired) electrons. The Labute approximate surface area is 126 Å². The number of ether oxygens (including phenoxy) is 2. The fraction of sp³-hybridized carbons (Fsp3) is 0.429. The highest BCUT2D eigenvalue weighted by atomic mass is 127. The Kier molecular flexibility index (Phi) is 6.83. The van der Waals surface area contributed by atoms with Crippen LogP contribution in [0.3, 0.4) is 0 Å². The average Bonchev–Trinajstić information content (AvgIpc) is 2.41. The highest BCUT2D eigenvalue weighted by Gasteiger charge is 2.19. The highest BCUT2D eigenvalue weighted by Crippen LogP contribution is 2.16. The van der Waals surface area contributed by atoms with Gasteiger partial charge in [-0.05, 0) is 53.6 Å². The molecule has 104 valence electrons. The quantitative estimate of drug-likeness (QED) is 0.564. The smallest absolute Gasteiger partial charge is 0.339 e. The number of rotatable bonds is 6. The standard InChI is InChI=1S/C14H17IO4/c1-3-7-18-13(16)11-6-5-10(15)9-12(11)14(17)19-8-4-2/h5-6,9H,3-4,7-8H2,1-2H3. The fourth-order valence-corrected chi connectivity index (χ4v) is 1.90. The van der Waals surface area contributed by atoms with Crippen molar-refractivity contribution >= 4 is 34.5 Å². The SMILES string of the molecule is CCCOC(=O)c1ccc(I)cc1C(=O)OCCC. The minimum atomic E-state index is -0.485. The molecule has 0 amide bonds. The molecule has 0 aromatic heterocycles. The number of esters is 2. The first-order valence-corrected chi connectivity index (χ1v) is 7.31. The summed E-state index contributed by atoms with van der Waals surface area (Å²) in [6.07, 6.45) is 1.48. The zero-order chi connectivity index (χ0) is 14.3. The molecule has 0 N–H and O–H groups in total. The van der Waals surface area contributed by atoms with Gasteiger partial charge in [0.2, 0.25) is 0 Å². The Morgan fingerprint density at radius 3 is 2.05 bits per heavy atom. The zero-order valence-electron chi connectivity index (χ0n) is 11.1. The Bertz CT molecular complexity index is 457. The minimum Gasteiger partial charge on any atom is -0.462 e. The average molecular weight is 376 g/mol. The molecule has 5 heteroatoms. The maximum absolute atomic E-state index is 11.9. The largest absolute Gasteiger partial charge is 0.462 e. The Morgan fingerprint density at radius 2 is 1.53 bits per heavy atom. The summed E-state index contributed by atoms with van der Waals surface area (Å²) in [6, 6.07) is 5.00. The van der Waals surface area contributed by atoms with Gasteiger partial charge in [-0.1, -0.05) is 13.8 Å². The maximum atomic E-state index is 11.9. The normalized spacial score (nSPS) is 10.1. The van der Waals surface area contributed by atoms with Crippen molar-refractivity contribution in [2.75, 3.05) is 13.2 Å². The van der Waals surface area contributed by atoms with Crippen molar-refractivity contribution in [1.82, 2.24) is 0 Å². The Hall–Kier alpha value is -1.11. The van der Waals surface area contributed by atoms with E-state index >= 15 is 0 Å². The summed E-state index contributed by atoms with van der Waals surface area (Å²) in [4.78, 5) is 23.8. The molecule has 1 aromatic rings. The molecule has 0 heterocycles. The molecule has 0 aliphatic heterocycles. The lowest BCUT2D eigenvalue weighted by molar-refractivity contribution is 0.0458. The Morgan fingerprint density at radius 1 is 1.00 bits per heavy atom. The van der Waals surface area contributed by atoms with Gasteiger partial charge in [-0.15, -0.1) is 0 Å². The van der Waals surface area contributed by atoms with E-state index in [0.29, 0.717) is 13.2 Å². The van der Waals surface area contributed by atoms with E-state index in [0.717, 1.165) is 16.4 Å². The molecule has 4 nitrogen and oxygen atoms in total. The van der Waals surface area contributed by atoms with Gasteiger partial charge in [0.15, 0.2) is 0 Å². The summed E-state index contributed by atoms with van der Waals surface area (Å²) in [6.45, 7) is 4.51. The van der Waals surface area contributed by atoms with Crippen LogP contribution in [0.4, 0.5) is 0 Å². The van der Waals surface area contributed by atoms with Crippen LogP contribution in [0.5, 0.6) is 0 Å². The number of hydrogen-bond acceptors (Lipinski definition) is 4. The third kappa shape index (κ3) is 4.81. The maximum Gasteiger partial charge on any atom is 0.339 e. The molecule has 0 fully saturated rings. The van der Waals surface area contributed by atoms with Gasteiger partial charge in [0.05, 0.1) is 24.3 Å². The molecule has 0 bridgehead atoms. The zero-order valence-corrected chi connectivity index (χ0v) is 13.2. The van der Waals surface area contributed by atoms with Crippen LogP contribution in [0.15, 0.2) is 18.2 Å². The van der Waals surface area contributed by atoms with E-state index in [9.17, 15) is 9.59 Å². The van der Waals surface area contributed by atoms with Gasteiger partial charge in [-0.2, -0.15) is 0 Å². The summed E-state index contributed by atoms with van der Waals surface area (Å²) >= 11 is 2.09. The molecule has 1 rings (SSSR count). The van der Waals surface area contributed by atoms with Gasteiger partial charge in [-0.25, -0.2) is 9.59 Å². The summed E-state index contributed by atoms with van der Waals surface area (Å²) < 4.78 is 11.0. The van der Waals surface area contributed by atoms with Crippen molar-refractivity contribution in [2.24, 2.45) is 0 Å². The summed E-state index contributed by atoms with van der Waals surface area (Å²) in [5.41, 5.74) is 0.524. The summed E-state index contributed by atoms with van der Waals surface area (Å²) in [5.74, 6) is -0.967. The summed E-state index contributed by atoms with van der Waals surface area (Å²) in [7, 11) is 0. The summed E-state index contributed by atoms with van der Waals surface area (Å²) in [5, 5.41) is 0. The third-order valence-corrected chi connectivity index (χ3v) is 2.97. The molecule has 1 aromatic carbocycles. The van der Waals surface area contributed by atoms with E-state index in [4.69, 9.17) is 9.47 Å². The van der Waals surface area contributed by atoms with Gasteiger partial charge < -0.3 is 9.47 Å². The van der Waals surface area contributed by atoms with Crippen molar-refractivity contribution in [2.45, 2.75) is 26.7 Å². The van der Waals surface area contributed by atoms with Crippen LogP contribution < -0.4 is 0 Å². The van der Waals surface area contributed by atoms with Gasteiger partial charge in [0.1, 0.15) is 0 Å². The predicted octanol–water partition coefficient (Wildman–Crippen LogP) is 3.42. The molecule has 0 spiro atoms. The predicted molar refractivity (Wildman–Crippen MR) is 80.3 cm³/mol. The fourth-order valence-electron chi connectivity index (χ4n) is 1.41. The monoisotopic (exact) mass is 376 g/mol. The van der Waals surface area contributed by atoms with Crippen LogP contribution in [0.25, 0.3) is 0 Å². The molecule has 0 saturated carbocycles. The molecular formula is C14H17IO4. The van der Waals surface area contributed by atoms with E-state index in [1.165, 1.54) is 0 Å². The molecule has 0 aliphatic carbocycles. The number of carbonyl (C=O) groups excluding carboxylic acids is 2. The number of hydrogen-bond donors (Lipinski definition) is 0. The van der Waals surface area contributed by atoms with E-state index in [-0.39, 0.29) is 11.1 Å². The van der Waals surface area contributed by atoms with Crippen LogP contribution in [0.1, 0.15) is 47.4 Å². The third-order valence-electron chi connectivity index (χ3n) is 2.30. The van der Waals surface area contributed by atoms with Crippen LogP contribution in [-0.2, 0) is 9.47 Å². The molecule has 0 aliphatic rings. The second kappa shape index (κ2) is 8.14. The van der Waals surface area contributed by atoms with Crippen LogP contribution in [0.2, 0.25) is 0 Å². The van der Waals surface area contributed by atoms with Crippen LogP contribution >= 0.6 is 22.6 Å². The first-order chi connectivity index (χ1) is 9.10. The van der Waals surface area contributed by atoms with Gasteiger partial charge in [0.25, 0.3) is 0 Å². The topological polar surface area (TPSA) is 52.6 Å². The molecular weight excluding hydrogens is 359 g/mol. The number of carbonyl (C=O) groups is 2. The molecule has 19 heavy (non-hydrogen) atoms. The van der Waals surface area contributed by atoms with Crippen molar-refractivity contribution in [3.05, 3.63) is 32.9 Å². The van der Waals surface area contributed by atoms with Crippen LogP contribution in [0, 0.1) is 3.57 Å². The second-order valence-electron chi connectivity index (χ2n) is 3.96. The van der Waals surface area contributed by atoms with E-state index in [2.05, 4.69) is 22.6 Å². The lowest BCUT2D eigenvalue weighted by Gasteiger charge is -2.09. The van der Waals surface area contributed by atoms with E-state index in [1.54, 1.807) is 18.2 Å². The van der Waals surface area contributed by atoms with E-state index in [1.807, 2.05) is 13.8 Å². The number of benzene rings is 1. The van der Waals surface area contributed by atoms with Crippen molar-refractivity contribution in [1.29, 1.82) is 0 Å². The van der Waals surface area contributed by atoms with Crippen LogP contribution in [-0.4, -0.2) is 25.2 Å². The van der Waals surface area contributed by atoms with Gasteiger partial charge in [0, 0.05) is 3.57 Å². The van der Waals surface area contributed by atoms with Gasteiger partial charge >= 0.3 is 11.9 Å². The minimum absolute atomic E-state index is 0.259. The van der Waals surface area contributed by atoms with Crippen molar-refractivity contribution < 1.29 is 19.1 Å². The first kappa shape index (κ1) is 15.9. The lowest BCUT2D eigenvalue weighted by Crippen LogP contribution is -2.15. The molecule has 0 saturated heterocycles. The van der Waals surface area contributed by atoms with Crippen molar-refractivity contribution in [3.63, 3.8) is 0 Å². The Balaban J connectivity index is 2.97. The second-order valence-corrected chi connectivity index (χ2v) is 5.21. The van der Waals surface area contributed by atoms with Gasteiger partial charge in [-0.3, -0.25) is 0 Å². The lowest BCUT2D eigenvalue weighted by atomic mass is 10.1. The molecule has 0 atom stereocenters. The number of halogens is 1. The molecule has 0 unspecified atom stereocenters. The van der Waals surface area contributed by atoms with E-state index < -0.39 is 11.9 Å². The first-order valence-electron chi connectivity index (χ1n) is 6.24.